The highest BCUT2D eigenvalue weighted by atomic mass is 16.5. The first-order chi connectivity index (χ1) is 13.1. The molecule has 0 aromatic heterocycles. The fourth-order valence-electron chi connectivity index (χ4n) is 3.89. The van der Waals surface area contributed by atoms with Gasteiger partial charge in [-0.25, -0.2) is 0 Å². The van der Waals surface area contributed by atoms with Crippen molar-refractivity contribution in [1.29, 1.82) is 0 Å². The molecule has 2 amide bonds. The van der Waals surface area contributed by atoms with Crippen molar-refractivity contribution in [3.8, 4) is 0 Å². The lowest BCUT2D eigenvalue weighted by Gasteiger charge is -2.35. The number of aryl methyl sites for hydroxylation is 2. The topological polar surface area (TPSA) is 61.9 Å². The zero-order valence-electron chi connectivity index (χ0n) is 16.5. The Bertz CT molecular complexity index is 640. The van der Waals surface area contributed by atoms with Gasteiger partial charge in [0.15, 0.2) is 0 Å². The van der Waals surface area contributed by atoms with E-state index in [0.29, 0.717) is 26.2 Å². The molecule has 1 aromatic carbocycles. The Morgan fingerprint density at radius 2 is 1.78 bits per heavy atom. The molecule has 27 heavy (non-hydrogen) atoms. The number of nitrogens with zero attached hydrogens (tertiary/aromatic N) is 2. The summed E-state index contributed by atoms with van der Waals surface area (Å²) in [6, 6.07) is 6.20. The summed E-state index contributed by atoms with van der Waals surface area (Å²) >= 11 is 0. The van der Waals surface area contributed by atoms with Gasteiger partial charge in [0.25, 0.3) is 5.91 Å². The molecule has 0 radical (unpaired) electrons. The Hall–Kier alpha value is -1.92. The Kier molecular flexibility index (Phi) is 6.85. The summed E-state index contributed by atoms with van der Waals surface area (Å²) in [7, 11) is 0. The van der Waals surface area contributed by atoms with Crippen molar-refractivity contribution in [2.24, 2.45) is 0 Å². The summed E-state index contributed by atoms with van der Waals surface area (Å²) in [4.78, 5) is 29.0. The molecule has 0 spiro atoms. The number of anilines is 1. The molecule has 6 nitrogen and oxygen atoms in total. The summed E-state index contributed by atoms with van der Waals surface area (Å²) < 4.78 is 5.50. The number of nitrogens with one attached hydrogen (secondary N) is 1. The second-order valence-electron chi connectivity index (χ2n) is 7.31. The average molecular weight is 373 g/mol. The Morgan fingerprint density at radius 1 is 1.11 bits per heavy atom. The van der Waals surface area contributed by atoms with Crippen LogP contribution in [0.1, 0.15) is 37.8 Å². The smallest absolute Gasteiger partial charge is 0.251 e. The van der Waals surface area contributed by atoms with E-state index in [0.717, 1.165) is 44.5 Å². The molecular formula is C21H31N3O3. The van der Waals surface area contributed by atoms with Crippen molar-refractivity contribution in [2.75, 3.05) is 44.6 Å². The van der Waals surface area contributed by atoms with Crippen molar-refractivity contribution in [1.82, 2.24) is 9.80 Å². The molecule has 2 heterocycles. The fourth-order valence-corrected chi connectivity index (χ4v) is 3.89. The lowest BCUT2D eigenvalue weighted by molar-refractivity contribution is -0.142. The standard InChI is InChI=1S/C21H31N3O3/c1-3-16-7-5-8-17(4-2)20(16)22-19(25)15-23-10-12-24(13-11-23)21(26)18-9-6-14-27-18/h5,7-8,18H,3-4,6,9-15H2,1-2H3,(H,22,25)/t18-/m0/s1. The van der Waals surface area contributed by atoms with E-state index in [4.69, 9.17) is 4.74 Å². The number of hydrogen-bond donors (Lipinski definition) is 1. The van der Waals surface area contributed by atoms with E-state index in [1.165, 1.54) is 11.1 Å². The van der Waals surface area contributed by atoms with Crippen LogP contribution in [0, 0.1) is 0 Å². The minimum atomic E-state index is -0.252. The maximum Gasteiger partial charge on any atom is 0.251 e. The third kappa shape index (κ3) is 4.87. The molecule has 2 aliphatic rings. The average Bonchev–Trinajstić information content (AvgIpc) is 3.23. The fraction of sp³-hybridized carbons (Fsp3) is 0.619. The third-order valence-electron chi connectivity index (χ3n) is 5.52. The van der Waals surface area contributed by atoms with Gasteiger partial charge in [-0.1, -0.05) is 32.0 Å². The quantitative estimate of drug-likeness (QED) is 0.829. The lowest BCUT2D eigenvalue weighted by atomic mass is 10.0. The van der Waals surface area contributed by atoms with Gasteiger partial charge in [-0.15, -0.1) is 0 Å². The summed E-state index contributed by atoms with van der Waals surface area (Å²) in [5.41, 5.74) is 3.32. The van der Waals surface area contributed by atoms with Crippen LogP contribution < -0.4 is 5.32 Å². The first-order valence-corrected chi connectivity index (χ1v) is 10.2. The molecule has 0 bridgehead atoms. The summed E-state index contributed by atoms with van der Waals surface area (Å²) in [5, 5.41) is 3.13. The Labute approximate surface area is 161 Å². The largest absolute Gasteiger partial charge is 0.368 e. The molecule has 2 saturated heterocycles. The van der Waals surface area contributed by atoms with Crippen LogP contribution in [0.4, 0.5) is 5.69 Å². The number of benzene rings is 1. The van der Waals surface area contributed by atoms with Crippen LogP contribution in [-0.2, 0) is 27.2 Å². The Balaban J connectivity index is 1.51. The van der Waals surface area contributed by atoms with Crippen LogP contribution in [0.5, 0.6) is 0 Å². The van der Waals surface area contributed by atoms with Crippen LogP contribution in [0.3, 0.4) is 0 Å². The van der Waals surface area contributed by atoms with Gasteiger partial charge in [0.05, 0.1) is 6.54 Å². The van der Waals surface area contributed by atoms with Gasteiger partial charge in [-0.05, 0) is 36.8 Å². The number of amides is 2. The number of ether oxygens (including phenoxy) is 1. The van der Waals surface area contributed by atoms with Gasteiger partial charge in [0.1, 0.15) is 6.10 Å². The van der Waals surface area contributed by atoms with Gasteiger partial charge < -0.3 is 15.0 Å². The van der Waals surface area contributed by atoms with Gasteiger partial charge in [-0.3, -0.25) is 14.5 Å². The summed E-state index contributed by atoms with van der Waals surface area (Å²) in [6.07, 6.45) is 3.34. The lowest BCUT2D eigenvalue weighted by Crippen LogP contribution is -2.52. The van der Waals surface area contributed by atoms with E-state index >= 15 is 0 Å². The van der Waals surface area contributed by atoms with Gasteiger partial charge in [0, 0.05) is 38.5 Å². The maximum absolute atomic E-state index is 12.6. The molecule has 148 valence electrons. The zero-order chi connectivity index (χ0) is 19.2. The highest BCUT2D eigenvalue weighted by Gasteiger charge is 2.30. The third-order valence-corrected chi connectivity index (χ3v) is 5.52. The molecule has 1 aromatic rings. The maximum atomic E-state index is 12.6. The first-order valence-electron chi connectivity index (χ1n) is 10.2. The Morgan fingerprint density at radius 3 is 2.33 bits per heavy atom. The number of carbonyl (C=O) groups is 2. The molecule has 0 saturated carbocycles. The molecular weight excluding hydrogens is 342 g/mol. The van der Waals surface area contributed by atoms with Crippen molar-refractivity contribution >= 4 is 17.5 Å². The van der Waals surface area contributed by atoms with Crippen molar-refractivity contribution in [3.63, 3.8) is 0 Å². The number of rotatable bonds is 6. The molecule has 6 heteroatoms. The molecule has 1 atom stereocenters. The molecule has 0 aliphatic carbocycles. The van der Waals surface area contributed by atoms with E-state index in [1.807, 2.05) is 4.90 Å². The van der Waals surface area contributed by atoms with E-state index in [9.17, 15) is 9.59 Å². The monoisotopic (exact) mass is 373 g/mol. The minimum Gasteiger partial charge on any atom is -0.368 e. The van der Waals surface area contributed by atoms with Crippen LogP contribution in [0.25, 0.3) is 0 Å². The first kappa shape index (κ1) is 19.8. The predicted octanol–water partition coefficient (Wildman–Crippen LogP) is 2.07. The molecule has 0 unspecified atom stereocenters. The summed E-state index contributed by atoms with van der Waals surface area (Å²) in [5.74, 6) is 0.130. The second kappa shape index (κ2) is 9.33. The van der Waals surface area contributed by atoms with Crippen LogP contribution in [-0.4, -0.2) is 67.0 Å². The minimum absolute atomic E-state index is 0.0181. The second-order valence-corrected chi connectivity index (χ2v) is 7.31. The van der Waals surface area contributed by atoms with Gasteiger partial charge in [0.2, 0.25) is 5.91 Å². The number of piperazine rings is 1. The van der Waals surface area contributed by atoms with Crippen molar-refractivity contribution < 1.29 is 14.3 Å². The highest BCUT2D eigenvalue weighted by Crippen LogP contribution is 2.22. The SMILES string of the molecule is CCc1cccc(CC)c1NC(=O)CN1CCN(C(=O)[C@@H]2CCCO2)CC1. The predicted molar refractivity (Wildman–Crippen MR) is 106 cm³/mol. The van der Waals surface area contributed by atoms with Gasteiger partial charge in [-0.2, -0.15) is 0 Å². The summed E-state index contributed by atoms with van der Waals surface area (Å²) in [6.45, 7) is 8.04. The highest BCUT2D eigenvalue weighted by molar-refractivity contribution is 5.94. The van der Waals surface area contributed by atoms with E-state index in [-0.39, 0.29) is 17.9 Å². The molecule has 3 rings (SSSR count). The number of para-hydroxylation sites is 1. The molecule has 1 N–H and O–H groups in total. The van der Waals surface area contributed by atoms with Gasteiger partial charge >= 0.3 is 0 Å². The van der Waals surface area contributed by atoms with E-state index < -0.39 is 0 Å². The zero-order valence-corrected chi connectivity index (χ0v) is 16.5. The van der Waals surface area contributed by atoms with Crippen molar-refractivity contribution in [3.05, 3.63) is 29.3 Å². The van der Waals surface area contributed by atoms with Crippen LogP contribution in [0.15, 0.2) is 18.2 Å². The van der Waals surface area contributed by atoms with E-state index in [2.05, 4.69) is 42.3 Å². The van der Waals surface area contributed by atoms with Crippen molar-refractivity contribution in [2.45, 2.75) is 45.6 Å². The number of carbonyl (C=O) groups excluding carboxylic acids is 2. The van der Waals surface area contributed by atoms with Crippen LogP contribution >= 0.6 is 0 Å². The van der Waals surface area contributed by atoms with E-state index in [1.54, 1.807) is 0 Å². The molecule has 2 fully saturated rings. The molecule has 2 aliphatic heterocycles. The number of hydrogen-bond acceptors (Lipinski definition) is 4. The normalized spacial score (nSPS) is 20.7. The van der Waals surface area contributed by atoms with Crippen LogP contribution in [0.2, 0.25) is 0 Å².